The number of aromatic nitrogens is 4. The number of hydrogen-bond acceptors (Lipinski definition) is 4. The fourth-order valence-corrected chi connectivity index (χ4v) is 1.08. The number of nitrogens with one attached hydrogen (secondary N) is 3. The van der Waals surface area contributed by atoms with Gasteiger partial charge in [-0.25, -0.2) is 19.8 Å². The molecular weight excluding hydrogens is 214 g/mol. The quantitative estimate of drug-likeness (QED) is 0.581. The van der Waals surface area contributed by atoms with Crippen LogP contribution in [0.3, 0.4) is 0 Å². The Morgan fingerprint density at radius 3 is 2.56 bits per heavy atom. The minimum atomic E-state index is -0.748. The van der Waals surface area contributed by atoms with Crippen LogP contribution < -0.4 is 16.8 Å². The molecule has 0 bridgehead atoms. The molecule has 0 radical (unpaired) electrons. The zero-order chi connectivity index (χ0) is 11.5. The highest BCUT2D eigenvalue weighted by Gasteiger charge is 2.09. The Kier molecular flexibility index (Phi) is 2.38. The number of H-pyrrole nitrogens is 2. The lowest BCUT2D eigenvalue weighted by Crippen LogP contribution is -2.38. The summed E-state index contributed by atoms with van der Waals surface area (Å²) in [5, 5.41) is 4.07. The summed E-state index contributed by atoms with van der Waals surface area (Å²) in [6.45, 7) is 0. The summed E-state index contributed by atoms with van der Waals surface area (Å²) in [5.74, 6) is -0.597. The van der Waals surface area contributed by atoms with E-state index in [1.54, 1.807) is 6.07 Å². The van der Waals surface area contributed by atoms with Crippen molar-refractivity contribution in [2.45, 2.75) is 0 Å². The molecule has 82 valence electrons. The van der Waals surface area contributed by atoms with Crippen LogP contribution in [0.2, 0.25) is 0 Å². The fourth-order valence-electron chi connectivity index (χ4n) is 1.08. The SMILES string of the molecule is O=C(Nn1c(=O)[nH][nH]c1=O)c1cccnc1. The van der Waals surface area contributed by atoms with E-state index < -0.39 is 17.3 Å². The zero-order valence-electron chi connectivity index (χ0n) is 7.93. The van der Waals surface area contributed by atoms with Crippen molar-refractivity contribution in [2.75, 3.05) is 5.43 Å². The van der Waals surface area contributed by atoms with Gasteiger partial charge in [0.05, 0.1) is 5.56 Å². The average molecular weight is 221 g/mol. The minimum absolute atomic E-state index is 0.245. The molecule has 0 aromatic carbocycles. The maximum absolute atomic E-state index is 11.5. The van der Waals surface area contributed by atoms with Crippen LogP contribution in [-0.4, -0.2) is 25.8 Å². The van der Waals surface area contributed by atoms with Crippen LogP contribution in [-0.2, 0) is 0 Å². The van der Waals surface area contributed by atoms with E-state index >= 15 is 0 Å². The fraction of sp³-hybridized carbons (Fsp3) is 0. The molecule has 0 saturated carbocycles. The Balaban J connectivity index is 2.28. The van der Waals surface area contributed by atoms with E-state index in [0.717, 1.165) is 0 Å². The van der Waals surface area contributed by atoms with E-state index in [1.165, 1.54) is 18.5 Å². The van der Waals surface area contributed by atoms with Crippen LogP contribution in [0.15, 0.2) is 34.1 Å². The molecule has 0 aliphatic carbocycles. The Labute approximate surface area is 87.9 Å². The highest BCUT2D eigenvalue weighted by molar-refractivity contribution is 5.99. The van der Waals surface area contributed by atoms with Crippen molar-refractivity contribution in [1.82, 2.24) is 19.9 Å². The maximum Gasteiger partial charge on any atom is 0.363 e. The van der Waals surface area contributed by atoms with Crippen LogP contribution in [0.5, 0.6) is 0 Å². The largest absolute Gasteiger partial charge is 0.363 e. The Morgan fingerprint density at radius 1 is 1.31 bits per heavy atom. The van der Waals surface area contributed by atoms with Crippen LogP contribution >= 0.6 is 0 Å². The molecule has 16 heavy (non-hydrogen) atoms. The van der Waals surface area contributed by atoms with Crippen LogP contribution in [0.25, 0.3) is 0 Å². The second-order valence-electron chi connectivity index (χ2n) is 2.88. The Hall–Kier alpha value is -2.64. The van der Waals surface area contributed by atoms with Gasteiger partial charge in [-0.15, -0.1) is 4.68 Å². The van der Waals surface area contributed by atoms with Gasteiger partial charge in [0, 0.05) is 12.4 Å². The highest BCUT2D eigenvalue weighted by Crippen LogP contribution is 1.94. The van der Waals surface area contributed by atoms with E-state index in [-0.39, 0.29) is 5.56 Å². The number of pyridine rings is 1. The third-order valence-corrected chi connectivity index (χ3v) is 1.82. The Morgan fingerprint density at radius 2 is 2.00 bits per heavy atom. The number of amides is 1. The Bertz CT molecular complexity index is 581. The van der Waals surface area contributed by atoms with Gasteiger partial charge in [-0.1, -0.05) is 0 Å². The number of carbonyl (C=O) groups excluding carboxylic acids is 1. The summed E-state index contributed by atoms with van der Waals surface area (Å²) in [5.41, 5.74) is 0.875. The van der Waals surface area contributed by atoms with Gasteiger partial charge in [-0.3, -0.25) is 15.2 Å². The smallest absolute Gasteiger partial charge is 0.267 e. The van der Waals surface area contributed by atoms with Crippen LogP contribution in [0.4, 0.5) is 0 Å². The van der Waals surface area contributed by atoms with Gasteiger partial charge in [0.15, 0.2) is 0 Å². The monoisotopic (exact) mass is 221 g/mol. The first-order valence-electron chi connectivity index (χ1n) is 4.29. The van der Waals surface area contributed by atoms with Gasteiger partial charge in [0.25, 0.3) is 5.91 Å². The molecular formula is C8H7N5O3. The van der Waals surface area contributed by atoms with Crippen molar-refractivity contribution in [3.05, 3.63) is 51.1 Å². The minimum Gasteiger partial charge on any atom is -0.267 e. The van der Waals surface area contributed by atoms with Crippen molar-refractivity contribution < 1.29 is 4.79 Å². The van der Waals surface area contributed by atoms with E-state index in [4.69, 9.17) is 0 Å². The number of nitrogens with zero attached hydrogens (tertiary/aromatic N) is 2. The normalized spacial score (nSPS) is 10.0. The molecule has 8 heteroatoms. The average Bonchev–Trinajstić information content (AvgIpc) is 2.62. The standard InChI is InChI=1S/C8H7N5O3/c14-6(5-2-1-3-9-4-5)12-13-7(15)10-11-8(13)16/h1-4H,(H,10,15)(H,11,16)(H,12,14). The molecule has 2 aromatic heterocycles. The second kappa shape index (κ2) is 3.85. The summed E-state index contributed by atoms with van der Waals surface area (Å²) in [6.07, 6.45) is 2.83. The van der Waals surface area contributed by atoms with E-state index in [0.29, 0.717) is 4.68 Å². The number of carbonyl (C=O) groups is 1. The van der Waals surface area contributed by atoms with Gasteiger partial charge in [0.1, 0.15) is 0 Å². The molecule has 3 N–H and O–H groups in total. The third kappa shape index (κ3) is 1.75. The molecule has 0 aliphatic rings. The van der Waals surface area contributed by atoms with Crippen molar-refractivity contribution in [3.8, 4) is 0 Å². The summed E-state index contributed by atoms with van der Waals surface area (Å²) >= 11 is 0. The topological polar surface area (TPSA) is 113 Å². The van der Waals surface area contributed by atoms with Gasteiger partial charge in [-0.2, -0.15) is 0 Å². The lowest BCUT2D eigenvalue weighted by molar-refractivity contribution is 0.101. The van der Waals surface area contributed by atoms with Gasteiger partial charge >= 0.3 is 11.4 Å². The first-order chi connectivity index (χ1) is 7.68. The van der Waals surface area contributed by atoms with Crippen molar-refractivity contribution in [1.29, 1.82) is 0 Å². The molecule has 0 unspecified atom stereocenters. The van der Waals surface area contributed by atoms with Gasteiger partial charge in [-0.05, 0) is 12.1 Å². The first-order valence-corrected chi connectivity index (χ1v) is 4.29. The van der Waals surface area contributed by atoms with E-state index in [9.17, 15) is 14.4 Å². The molecule has 1 amide bonds. The van der Waals surface area contributed by atoms with E-state index in [1.807, 2.05) is 10.2 Å². The number of hydrogen-bond donors (Lipinski definition) is 3. The molecule has 0 atom stereocenters. The van der Waals surface area contributed by atoms with Crippen molar-refractivity contribution in [3.63, 3.8) is 0 Å². The third-order valence-electron chi connectivity index (χ3n) is 1.82. The molecule has 0 saturated heterocycles. The molecule has 2 heterocycles. The summed E-state index contributed by atoms with van der Waals surface area (Å²) in [4.78, 5) is 37.4. The van der Waals surface area contributed by atoms with Crippen LogP contribution in [0.1, 0.15) is 10.4 Å². The summed E-state index contributed by atoms with van der Waals surface area (Å²) < 4.78 is 0.537. The predicted molar refractivity (Wildman–Crippen MR) is 53.6 cm³/mol. The second-order valence-corrected chi connectivity index (χ2v) is 2.88. The van der Waals surface area contributed by atoms with E-state index in [2.05, 4.69) is 10.4 Å². The van der Waals surface area contributed by atoms with Crippen LogP contribution in [0, 0.1) is 0 Å². The molecule has 8 nitrogen and oxygen atoms in total. The first kappa shape index (κ1) is 9.90. The molecule has 0 aliphatic heterocycles. The summed E-state index contributed by atoms with van der Waals surface area (Å²) in [7, 11) is 0. The van der Waals surface area contributed by atoms with Gasteiger partial charge in [0.2, 0.25) is 0 Å². The molecule has 2 rings (SSSR count). The number of aromatic amines is 2. The lowest BCUT2D eigenvalue weighted by Gasteiger charge is -2.01. The predicted octanol–water partition coefficient (Wildman–Crippen LogP) is -1.36. The zero-order valence-corrected chi connectivity index (χ0v) is 7.93. The molecule has 0 fully saturated rings. The molecule has 2 aromatic rings. The highest BCUT2D eigenvalue weighted by atomic mass is 16.2. The lowest BCUT2D eigenvalue weighted by atomic mass is 10.3. The maximum atomic E-state index is 11.5. The van der Waals surface area contributed by atoms with Gasteiger partial charge < -0.3 is 0 Å². The number of rotatable bonds is 2. The van der Waals surface area contributed by atoms with Crippen molar-refractivity contribution in [2.24, 2.45) is 0 Å². The molecule has 0 spiro atoms. The summed E-state index contributed by atoms with van der Waals surface area (Å²) in [6, 6.07) is 3.08. The van der Waals surface area contributed by atoms with Crippen molar-refractivity contribution >= 4 is 5.91 Å².